The molecular weight excluding hydrogens is 568 g/mol. The maximum absolute atomic E-state index is 13.4. The number of rotatable bonds is 12. The zero-order chi connectivity index (χ0) is 31.7. The number of thiazole rings is 1. The number of carbonyl (C=O) groups is 4. The highest BCUT2D eigenvalue weighted by molar-refractivity contribution is 7.13. The van der Waals surface area contributed by atoms with Gasteiger partial charge in [0.25, 0.3) is 11.8 Å². The number of nitriles is 1. The normalized spacial score (nSPS) is 12.7. The van der Waals surface area contributed by atoms with Crippen molar-refractivity contribution in [1.29, 1.82) is 5.26 Å². The van der Waals surface area contributed by atoms with E-state index in [-0.39, 0.29) is 23.4 Å². The van der Waals surface area contributed by atoms with Crippen LogP contribution in [0.2, 0.25) is 0 Å². The van der Waals surface area contributed by atoms with Gasteiger partial charge in [0.2, 0.25) is 11.8 Å². The number of aliphatic hydroxyl groups excluding tert-OH is 1. The van der Waals surface area contributed by atoms with Gasteiger partial charge in [0.05, 0.1) is 17.3 Å². The second-order valence-corrected chi connectivity index (χ2v) is 11.3. The lowest BCUT2D eigenvalue weighted by Crippen LogP contribution is -2.57. The SMILES string of the molecule is C=C(C#N)C(=O)N(C)c1cccc(C[C@H](NC(=O)[C@@H](NC(=O)c2cnc(C)s2)[C@@H](C)O)C(=O)NCc2ccc(C)cc2)c1. The third-order valence-corrected chi connectivity index (χ3v) is 7.46. The van der Waals surface area contributed by atoms with E-state index in [1.165, 1.54) is 25.1 Å². The van der Waals surface area contributed by atoms with Gasteiger partial charge in [0.15, 0.2) is 0 Å². The molecule has 4 N–H and O–H groups in total. The number of aliphatic hydroxyl groups is 1. The highest BCUT2D eigenvalue weighted by Gasteiger charge is 2.31. The van der Waals surface area contributed by atoms with Gasteiger partial charge >= 0.3 is 0 Å². The molecular formula is C31H34N6O5S. The molecule has 0 aliphatic heterocycles. The number of aryl methyl sites for hydroxylation is 2. The summed E-state index contributed by atoms with van der Waals surface area (Å²) < 4.78 is 0. The summed E-state index contributed by atoms with van der Waals surface area (Å²) in [6.07, 6.45) is 0.133. The molecule has 0 aliphatic carbocycles. The Balaban J connectivity index is 1.83. The third kappa shape index (κ3) is 9.06. The van der Waals surface area contributed by atoms with Crippen LogP contribution in [0.15, 0.2) is 66.9 Å². The minimum absolute atomic E-state index is 0.0229. The van der Waals surface area contributed by atoms with E-state index in [9.17, 15) is 24.3 Å². The first-order valence-electron chi connectivity index (χ1n) is 13.4. The fourth-order valence-electron chi connectivity index (χ4n) is 4.07. The van der Waals surface area contributed by atoms with Crippen LogP contribution in [0.4, 0.5) is 5.69 Å². The predicted octanol–water partition coefficient (Wildman–Crippen LogP) is 2.33. The van der Waals surface area contributed by atoms with Crippen LogP contribution in [0.5, 0.6) is 0 Å². The number of benzene rings is 2. The summed E-state index contributed by atoms with van der Waals surface area (Å²) in [5.74, 6) is -2.40. The van der Waals surface area contributed by atoms with Crippen molar-refractivity contribution in [3.05, 3.63) is 93.5 Å². The van der Waals surface area contributed by atoms with Gasteiger partial charge in [-0.2, -0.15) is 5.26 Å². The molecule has 0 bridgehead atoms. The quantitative estimate of drug-likeness (QED) is 0.183. The molecule has 0 unspecified atom stereocenters. The summed E-state index contributed by atoms with van der Waals surface area (Å²) in [4.78, 5) is 57.6. The van der Waals surface area contributed by atoms with Crippen molar-refractivity contribution in [2.45, 2.75) is 51.9 Å². The van der Waals surface area contributed by atoms with Crippen LogP contribution in [0.1, 0.15) is 38.3 Å². The molecule has 2 aromatic carbocycles. The fraction of sp³-hybridized carbons (Fsp3) is 0.290. The van der Waals surface area contributed by atoms with Crippen LogP contribution in [0, 0.1) is 25.2 Å². The third-order valence-electron chi connectivity index (χ3n) is 6.55. The molecule has 224 valence electrons. The number of aromatic nitrogens is 1. The van der Waals surface area contributed by atoms with E-state index in [0.717, 1.165) is 22.5 Å². The Bertz CT molecular complexity index is 1540. The van der Waals surface area contributed by atoms with E-state index in [2.05, 4.69) is 27.5 Å². The van der Waals surface area contributed by atoms with E-state index in [1.54, 1.807) is 37.3 Å². The van der Waals surface area contributed by atoms with Crippen molar-refractivity contribution in [3.8, 4) is 6.07 Å². The van der Waals surface area contributed by atoms with Gasteiger partial charge in [-0.15, -0.1) is 11.3 Å². The van der Waals surface area contributed by atoms with Crippen molar-refractivity contribution in [1.82, 2.24) is 20.9 Å². The maximum Gasteiger partial charge on any atom is 0.268 e. The number of anilines is 1. The Hall–Kier alpha value is -4.86. The zero-order valence-electron chi connectivity index (χ0n) is 24.4. The molecule has 4 amide bonds. The summed E-state index contributed by atoms with van der Waals surface area (Å²) in [7, 11) is 1.50. The zero-order valence-corrected chi connectivity index (χ0v) is 25.2. The molecule has 0 aliphatic rings. The van der Waals surface area contributed by atoms with E-state index >= 15 is 0 Å². The van der Waals surface area contributed by atoms with Crippen molar-refractivity contribution < 1.29 is 24.3 Å². The van der Waals surface area contributed by atoms with Gasteiger partial charge in [-0.05, 0) is 44.0 Å². The molecule has 0 spiro atoms. The molecule has 11 nitrogen and oxygen atoms in total. The van der Waals surface area contributed by atoms with Gasteiger partial charge in [0.1, 0.15) is 28.6 Å². The average molecular weight is 603 g/mol. The molecule has 43 heavy (non-hydrogen) atoms. The monoisotopic (exact) mass is 602 g/mol. The highest BCUT2D eigenvalue weighted by Crippen LogP contribution is 2.18. The summed E-state index contributed by atoms with van der Waals surface area (Å²) in [6.45, 7) is 8.73. The van der Waals surface area contributed by atoms with Gasteiger partial charge in [-0.25, -0.2) is 4.98 Å². The minimum atomic E-state index is -1.35. The molecule has 1 aromatic heterocycles. The maximum atomic E-state index is 13.4. The number of amides is 4. The van der Waals surface area contributed by atoms with Crippen molar-refractivity contribution in [2.24, 2.45) is 0 Å². The van der Waals surface area contributed by atoms with E-state index in [4.69, 9.17) is 5.26 Å². The van der Waals surface area contributed by atoms with Crippen LogP contribution in [-0.4, -0.2) is 59.0 Å². The number of hydrogen-bond acceptors (Lipinski definition) is 8. The topological polar surface area (TPSA) is 165 Å². The average Bonchev–Trinajstić information content (AvgIpc) is 3.43. The Morgan fingerprint density at radius 1 is 1.07 bits per heavy atom. The highest BCUT2D eigenvalue weighted by atomic mass is 32.1. The molecule has 1 heterocycles. The van der Waals surface area contributed by atoms with Crippen LogP contribution < -0.4 is 20.9 Å². The standard InChI is InChI=1S/C31H34N6O5S/c1-18-9-11-22(12-10-18)16-34-28(39)25(14-23-7-6-8-24(13-23)37(5)31(42)19(2)15-32)35-30(41)27(20(3)38)36-29(40)26-17-33-21(4)43-26/h6-13,17,20,25,27,38H,2,14,16H2,1,3-5H3,(H,34,39)(H,35,41)(H,36,40)/t20-,25+,27+/m1/s1. The largest absolute Gasteiger partial charge is 0.391 e. The number of nitrogens with zero attached hydrogens (tertiary/aromatic N) is 3. The van der Waals surface area contributed by atoms with Crippen molar-refractivity contribution in [3.63, 3.8) is 0 Å². The number of hydrogen-bond donors (Lipinski definition) is 4. The van der Waals surface area contributed by atoms with Crippen LogP contribution in [-0.2, 0) is 27.3 Å². The first-order valence-corrected chi connectivity index (χ1v) is 14.2. The lowest BCUT2D eigenvalue weighted by molar-refractivity contribution is -0.131. The van der Waals surface area contributed by atoms with Crippen LogP contribution in [0.25, 0.3) is 0 Å². The number of carbonyl (C=O) groups excluding carboxylic acids is 4. The molecule has 3 rings (SSSR count). The second-order valence-electron chi connectivity index (χ2n) is 10.0. The Kier molecular flexibility index (Phi) is 11.3. The van der Waals surface area contributed by atoms with E-state index in [1.807, 2.05) is 31.2 Å². The smallest absolute Gasteiger partial charge is 0.268 e. The Labute approximate surface area is 254 Å². The summed E-state index contributed by atoms with van der Waals surface area (Å²) in [5.41, 5.74) is 2.76. The lowest BCUT2D eigenvalue weighted by Gasteiger charge is -2.25. The van der Waals surface area contributed by atoms with Crippen molar-refractivity contribution >= 4 is 40.7 Å². The fourth-order valence-corrected chi connectivity index (χ4v) is 4.75. The lowest BCUT2D eigenvalue weighted by atomic mass is 10.0. The van der Waals surface area contributed by atoms with Gasteiger partial charge < -0.3 is 26.0 Å². The number of likely N-dealkylation sites (N-methyl/N-ethyl adjacent to an activating group) is 1. The molecule has 12 heteroatoms. The van der Waals surface area contributed by atoms with Crippen LogP contribution in [0.3, 0.4) is 0 Å². The summed E-state index contributed by atoms with van der Waals surface area (Å²) >= 11 is 1.14. The van der Waals surface area contributed by atoms with Crippen molar-refractivity contribution in [2.75, 3.05) is 11.9 Å². The molecule has 0 saturated heterocycles. The molecule has 0 fully saturated rings. The van der Waals surface area contributed by atoms with E-state index in [0.29, 0.717) is 16.3 Å². The number of nitrogens with one attached hydrogen (secondary N) is 3. The minimum Gasteiger partial charge on any atom is -0.391 e. The molecule has 3 aromatic rings. The van der Waals surface area contributed by atoms with Gasteiger partial charge in [-0.1, -0.05) is 48.5 Å². The van der Waals surface area contributed by atoms with E-state index < -0.39 is 41.8 Å². The molecule has 0 saturated carbocycles. The van der Waals surface area contributed by atoms with Gasteiger partial charge in [-0.3, -0.25) is 19.2 Å². The second kappa shape index (κ2) is 14.9. The molecule has 3 atom stereocenters. The predicted molar refractivity (Wildman–Crippen MR) is 163 cm³/mol. The van der Waals surface area contributed by atoms with Crippen LogP contribution >= 0.6 is 11.3 Å². The Morgan fingerprint density at radius 3 is 2.37 bits per heavy atom. The summed E-state index contributed by atoms with van der Waals surface area (Å²) in [6, 6.07) is 13.6. The first-order chi connectivity index (χ1) is 20.4. The first kappa shape index (κ1) is 32.7. The van der Waals surface area contributed by atoms with Gasteiger partial charge in [0, 0.05) is 25.7 Å². The Morgan fingerprint density at radius 2 is 1.77 bits per heavy atom. The molecule has 0 radical (unpaired) electrons. The summed E-state index contributed by atoms with van der Waals surface area (Å²) in [5, 5.41) is 28.1.